The molecule has 40 heavy (non-hydrogen) atoms. The normalized spacial score (nSPS) is 20.1. The van der Waals surface area contributed by atoms with Gasteiger partial charge in [-0.15, -0.1) is 5.10 Å². The van der Waals surface area contributed by atoms with Crippen LogP contribution < -0.4 is 5.73 Å². The van der Waals surface area contributed by atoms with Gasteiger partial charge in [-0.25, -0.2) is 9.07 Å². The topological polar surface area (TPSA) is 78.4 Å². The Balaban J connectivity index is 1.66. The Bertz CT molecular complexity index is 1270. The lowest BCUT2D eigenvalue weighted by molar-refractivity contribution is -0.231. The molecule has 2 heterocycles. The first-order valence-corrected chi connectivity index (χ1v) is 12.3. The van der Waals surface area contributed by atoms with Crippen molar-refractivity contribution < 1.29 is 40.2 Å². The van der Waals surface area contributed by atoms with Gasteiger partial charge < -0.3 is 15.2 Å². The summed E-state index contributed by atoms with van der Waals surface area (Å²) in [6.07, 6.45) is -10.7. The van der Waals surface area contributed by atoms with Crippen molar-refractivity contribution in [2.24, 2.45) is 5.73 Å². The summed E-state index contributed by atoms with van der Waals surface area (Å²) in [6.45, 7) is 5.57. The third-order valence-electron chi connectivity index (χ3n) is 6.44. The fourth-order valence-corrected chi connectivity index (χ4v) is 4.36. The Morgan fingerprint density at radius 2 is 1.62 bits per heavy atom. The van der Waals surface area contributed by atoms with Gasteiger partial charge in [-0.1, -0.05) is 17.3 Å². The van der Waals surface area contributed by atoms with Gasteiger partial charge in [0.05, 0.1) is 41.8 Å². The summed E-state index contributed by atoms with van der Waals surface area (Å²) in [5, 5.41) is 8.20. The van der Waals surface area contributed by atoms with Gasteiger partial charge in [0.1, 0.15) is 11.5 Å². The minimum atomic E-state index is -5.00. The summed E-state index contributed by atoms with van der Waals surface area (Å²) in [7, 11) is 0. The van der Waals surface area contributed by atoms with Crippen LogP contribution in [0.4, 0.5) is 30.7 Å². The average molecular weight is 576 g/mol. The van der Waals surface area contributed by atoms with Gasteiger partial charge in [-0.2, -0.15) is 26.3 Å². The molecule has 1 aliphatic rings. The number of nitrogens with zero attached hydrogens (tertiary/aromatic N) is 4. The SMILES string of the molecule is C[C@@H](OC1OCCN(Cc2cn(C(C)(C)N)nn2)C1c1ccc(F)cc1)c1cc(C(F)(F)F)cc(C(F)(F)F)c1. The number of hydrogen-bond donors (Lipinski definition) is 1. The summed E-state index contributed by atoms with van der Waals surface area (Å²) in [5.74, 6) is -0.491. The van der Waals surface area contributed by atoms with Crippen LogP contribution in [0, 0.1) is 5.82 Å². The molecule has 1 aromatic heterocycles. The molecular weight excluding hydrogens is 547 g/mol. The Kier molecular flexibility index (Phi) is 8.28. The molecule has 4 rings (SSSR count). The number of ether oxygens (including phenoxy) is 2. The van der Waals surface area contributed by atoms with Gasteiger partial charge in [0.15, 0.2) is 6.29 Å². The summed E-state index contributed by atoms with van der Waals surface area (Å²) >= 11 is 0. The Hall–Kier alpha value is -3.07. The van der Waals surface area contributed by atoms with E-state index in [1.165, 1.54) is 35.9 Å². The fraction of sp³-hybridized carbons (Fsp3) is 0.462. The van der Waals surface area contributed by atoms with E-state index in [0.717, 1.165) is 0 Å². The number of nitrogens with two attached hydrogens (primary N) is 1. The Morgan fingerprint density at radius 3 is 2.15 bits per heavy atom. The highest BCUT2D eigenvalue weighted by atomic mass is 19.4. The first kappa shape index (κ1) is 29.9. The molecule has 3 atom stereocenters. The molecule has 0 aliphatic carbocycles. The lowest BCUT2D eigenvalue weighted by Crippen LogP contribution is -2.46. The van der Waals surface area contributed by atoms with Crippen LogP contribution in [0.2, 0.25) is 0 Å². The zero-order valence-electron chi connectivity index (χ0n) is 21.8. The third-order valence-corrected chi connectivity index (χ3v) is 6.44. The molecule has 2 unspecified atom stereocenters. The van der Waals surface area contributed by atoms with Crippen LogP contribution in [0.3, 0.4) is 0 Å². The van der Waals surface area contributed by atoms with Crippen LogP contribution in [0.15, 0.2) is 48.7 Å². The van der Waals surface area contributed by atoms with E-state index in [4.69, 9.17) is 15.2 Å². The Morgan fingerprint density at radius 1 is 1.02 bits per heavy atom. The first-order valence-electron chi connectivity index (χ1n) is 12.3. The number of alkyl halides is 6. The van der Waals surface area contributed by atoms with Crippen molar-refractivity contribution >= 4 is 0 Å². The summed E-state index contributed by atoms with van der Waals surface area (Å²) < 4.78 is 108. The maximum atomic E-state index is 13.7. The summed E-state index contributed by atoms with van der Waals surface area (Å²) in [4.78, 5) is 1.90. The van der Waals surface area contributed by atoms with E-state index in [1.807, 2.05) is 4.90 Å². The van der Waals surface area contributed by atoms with E-state index in [1.54, 1.807) is 20.0 Å². The minimum Gasteiger partial charge on any atom is -0.349 e. The van der Waals surface area contributed by atoms with Crippen molar-refractivity contribution in [3.8, 4) is 0 Å². The van der Waals surface area contributed by atoms with Crippen LogP contribution >= 0.6 is 0 Å². The highest BCUT2D eigenvalue weighted by molar-refractivity contribution is 5.34. The average Bonchev–Trinajstić information content (AvgIpc) is 3.33. The molecule has 3 aromatic rings. The van der Waals surface area contributed by atoms with Gasteiger partial charge in [0, 0.05) is 13.1 Å². The molecule has 0 radical (unpaired) electrons. The molecule has 1 saturated heterocycles. The molecule has 2 N–H and O–H groups in total. The van der Waals surface area contributed by atoms with Gasteiger partial charge in [0.2, 0.25) is 0 Å². The highest BCUT2D eigenvalue weighted by Crippen LogP contribution is 2.40. The van der Waals surface area contributed by atoms with Gasteiger partial charge in [-0.3, -0.25) is 4.90 Å². The van der Waals surface area contributed by atoms with E-state index in [0.29, 0.717) is 29.9 Å². The lowest BCUT2D eigenvalue weighted by atomic mass is 10.0. The van der Waals surface area contributed by atoms with Crippen molar-refractivity contribution in [2.45, 2.75) is 63.8 Å². The first-order chi connectivity index (χ1) is 18.5. The molecule has 2 aromatic carbocycles. The van der Waals surface area contributed by atoms with E-state index < -0.39 is 53.4 Å². The van der Waals surface area contributed by atoms with Crippen LogP contribution in [-0.4, -0.2) is 39.3 Å². The quantitative estimate of drug-likeness (QED) is 0.360. The second kappa shape index (κ2) is 11.1. The predicted molar refractivity (Wildman–Crippen MR) is 129 cm³/mol. The number of halogens is 7. The van der Waals surface area contributed by atoms with E-state index in [2.05, 4.69) is 10.3 Å². The number of rotatable bonds is 7. The number of morpholine rings is 1. The molecule has 1 aliphatic heterocycles. The Labute approximate surface area is 225 Å². The standard InChI is InChI=1S/C26H28F7N5O2/c1-15(17-10-18(25(28,29)30)12-19(11-17)26(31,32)33)40-23-22(16-4-6-20(27)7-5-16)37(8-9-39-23)13-21-14-38(36-35-21)24(2,3)34/h4-7,10-12,14-15,22-23H,8-9,13,34H2,1-3H3/t15-,22?,23?/m1/s1. The molecule has 218 valence electrons. The van der Waals surface area contributed by atoms with Crippen LogP contribution in [0.25, 0.3) is 0 Å². The second-order valence-corrected chi connectivity index (χ2v) is 10.1. The molecule has 1 fully saturated rings. The number of aromatic nitrogens is 3. The monoisotopic (exact) mass is 575 g/mol. The second-order valence-electron chi connectivity index (χ2n) is 10.1. The molecule has 14 heteroatoms. The highest BCUT2D eigenvalue weighted by Gasteiger charge is 2.39. The number of benzene rings is 2. The van der Waals surface area contributed by atoms with Crippen LogP contribution in [0.5, 0.6) is 0 Å². The molecule has 7 nitrogen and oxygen atoms in total. The fourth-order valence-electron chi connectivity index (χ4n) is 4.36. The lowest BCUT2D eigenvalue weighted by Gasteiger charge is -2.41. The molecular formula is C26H28F7N5O2. The van der Waals surface area contributed by atoms with Gasteiger partial charge >= 0.3 is 12.4 Å². The maximum absolute atomic E-state index is 13.7. The third kappa shape index (κ3) is 6.97. The molecule has 0 spiro atoms. The van der Waals surface area contributed by atoms with E-state index in [-0.39, 0.29) is 24.8 Å². The maximum Gasteiger partial charge on any atom is 0.416 e. The van der Waals surface area contributed by atoms with Gasteiger partial charge in [0.25, 0.3) is 0 Å². The van der Waals surface area contributed by atoms with Crippen molar-refractivity contribution in [3.63, 3.8) is 0 Å². The zero-order chi connectivity index (χ0) is 29.5. The van der Waals surface area contributed by atoms with Crippen molar-refractivity contribution in [2.75, 3.05) is 13.2 Å². The van der Waals surface area contributed by atoms with Gasteiger partial charge in [-0.05, 0) is 62.2 Å². The number of hydrogen-bond acceptors (Lipinski definition) is 6. The largest absolute Gasteiger partial charge is 0.416 e. The van der Waals surface area contributed by atoms with Crippen molar-refractivity contribution in [1.82, 2.24) is 19.9 Å². The zero-order valence-corrected chi connectivity index (χ0v) is 21.8. The van der Waals surface area contributed by atoms with E-state index >= 15 is 0 Å². The van der Waals surface area contributed by atoms with Crippen LogP contribution in [0.1, 0.15) is 60.9 Å². The summed E-state index contributed by atoms with van der Waals surface area (Å²) in [6, 6.07) is 6.09. The predicted octanol–water partition coefficient (Wildman–Crippen LogP) is 5.78. The van der Waals surface area contributed by atoms with E-state index in [9.17, 15) is 30.7 Å². The molecule has 0 bridgehead atoms. The minimum absolute atomic E-state index is 0.0617. The molecule has 0 amide bonds. The smallest absolute Gasteiger partial charge is 0.349 e. The molecule has 0 saturated carbocycles. The van der Waals surface area contributed by atoms with Crippen molar-refractivity contribution in [1.29, 1.82) is 0 Å². The summed E-state index contributed by atoms with van der Waals surface area (Å²) in [5.41, 5.74) is 3.16. The van der Waals surface area contributed by atoms with Crippen molar-refractivity contribution in [3.05, 3.63) is 82.4 Å². The van der Waals surface area contributed by atoms with Crippen LogP contribution in [-0.2, 0) is 34.0 Å².